The molecule has 5 nitrogen and oxygen atoms in total. The smallest absolute Gasteiger partial charge is 0.170 e. The van der Waals surface area contributed by atoms with Crippen LogP contribution in [0, 0.1) is 12.8 Å². The summed E-state index contributed by atoms with van der Waals surface area (Å²) in [6, 6.07) is 5.87. The van der Waals surface area contributed by atoms with Gasteiger partial charge in [0, 0.05) is 36.9 Å². The fraction of sp³-hybridized carbons (Fsp3) is 0.462. The molecule has 0 saturated carbocycles. The van der Waals surface area contributed by atoms with E-state index in [9.17, 15) is 0 Å². The molecule has 98 valence electrons. The summed E-state index contributed by atoms with van der Waals surface area (Å²) in [6.45, 7) is 4.04. The van der Waals surface area contributed by atoms with E-state index in [1.54, 1.807) is 0 Å². The Hall–Kier alpha value is -1.75. The molecule has 2 rings (SSSR count). The number of aryl methyl sites for hydroxylation is 1. The molecule has 0 radical (unpaired) electrons. The molecule has 1 fully saturated rings. The first-order chi connectivity index (χ1) is 8.65. The quantitative estimate of drug-likeness (QED) is 0.322. The molecule has 0 spiro atoms. The van der Waals surface area contributed by atoms with E-state index < -0.39 is 0 Å². The fourth-order valence-electron chi connectivity index (χ4n) is 2.40. The SMILES string of the molecule is Cc1cc(N2CCC(CO)C2)ccc1/C(N)=N/O. The normalized spacial score (nSPS) is 20.4. The van der Waals surface area contributed by atoms with Crippen molar-refractivity contribution in [3.63, 3.8) is 0 Å². The van der Waals surface area contributed by atoms with Crippen LogP contribution < -0.4 is 10.6 Å². The van der Waals surface area contributed by atoms with E-state index in [1.165, 1.54) is 0 Å². The number of hydrogen-bond acceptors (Lipinski definition) is 4. The van der Waals surface area contributed by atoms with E-state index in [-0.39, 0.29) is 12.4 Å². The molecule has 1 aromatic rings. The summed E-state index contributed by atoms with van der Waals surface area (Å²) in [6.07, 6.45) is 1.03. The van der Waals surface area contributed by atoms with Crippen molar-refractivity contribution in [2.75, 3.05) is 24.6 Å². The Balaban J connectivity index is 2.19. The second-order valence-corrected chi connectivity index (χ2v) is 4.77. The molecule has 4 N–H and O–H groups in total. The topological polar surface area (TPSA) is 82.1 Å². The van der Waals surface area contributed by atoms with Crippen molar-refractivity contribution in [3.8, 4) is 0 Å². The fourth-order valence-corrected chi connectivity index (χ4v) is 2.40. The van der Waals surface area contributed by atoms with Crippen LogP contribution in [0.1, 0.15) is 17.5 Å². The van der Waals surface area contributed by atoms with Crippen molar-refractivity contribution in [1.29, 1.82) is 0 Å². The van der Waals surface area contributed by atoms with Gasteiger partial charge in [0.15, 0.2) is 5.84 Å². The lowest BCUT2D eigenvalue weighted by molar-refractivity contribution is 0.238. The summed E-state index contributed by atoms with van der Waals surface area (Å²) in [7, 11) is 0. The van der Waals surface area contributed by atoms with E-state index in [0.717, 1.165) is 36.3 Å². The highest BCUT2D eigenvalue weighted by Crippen LogP contribution is 2.25. The maximum Gasteiger partial charge on any atom is 0.170 e. The maximum atomic E-state index is 9.15. The monoisotopic (exact) mass is 249 g/mol. The number of amidine groups is 1. The number of nitrogens with zero attached hydrogens (tertiary/aromatic N) is 2. The summed E-state index contributed by atoms with van der Waals surface area (Å²) in [5.74, 6) is 0.503. The van der Waals surface area contributed by atoms with Crippen molar-refractivity contribution in [1.82, 2.24) is 0 Å². The standard InChI is InChI=1S/C13H19N3O2/c1-9-6-11(2-3-12(9)13(14)15-18)16-5-4-10(7-16)8-17/h2-3,6,10,17-18H,4-5,7-8H2,1H3,(H2,14,15). The Morgan fingerprint density at radius 2 is 2.33 bits per heavy atom. The number of hydrogen-bond donors (Lipinski definition) is 3. The molecule has 0 bridgehead atoms. The molecule has 1 aromatic carbocycles. The number of anilines is 1. The van der Waals surface area contributed by atoms with E-state index in [0.29, 0.717) is 5.92 Å². The van der Waals surface area contributed by atoms with E-state index in [1.807, 2.05) is 25.1 Å². The molecule has 1 heterocycles. The number of benzene rings is 1. The largest absolute Gasteiger partial charge is 0.409 e. The molecule has 5 heteroatoms. The number of oxime groups is 1. The minimum Gasteiger partial charge on any atom is -0.409 e. The van der Waals surface area contributed by atoms with Crippen LogP contribution >= 0.6 is 0 Å². The van der Waals surface area contributed by atoms with Crippen LogP contribution in [0.2, 0.25) is 0 Å². The molecular weight excluding hydrogens is 230 g/mol. The second kappa shape index (κ2) is 5.27. The van der Waals surface area contributed by atoms with Gasteiger partial charge in [-0.3, -0.25) is 0 Å². The molecular formula is C13H19N3O2. The van der Waals surface area contributed by atoms with Crippen LogP contribution in [0.25, 0.3) is 0 Å². The van der Waals surface area contributed by atoms with Crippen molar-refractivity contribution >= 4 is 11.5 Å². The third-order valence-electron chi connectivity index (χ3n) is 3.50. The average Bonchev–Trinajstić information content (AvgIpc) is 2.86. The molecule has 0 amide bonds. The molecule has 1 unspecified atom stereocenters. The summed E-state index contributed by atoms with van der Waals surface area (Å²) in [4.78, 5) is 2.25. The summed E-state index contributed by atoms with van der Waals surface area (Å²) >= 11 is 0. The third kappa shape index (κ3) is 2.41. The third-order valence-corrected chi connectivity index (χ3v) is 3.50. The number of rotatable bonds is 3. The molecule has 18 heavy (non-hydrogen) atoms. The average molecular weight is 249 g/mol. The van der Waals surface area contributed by atoms with Gasteiger partial charge in [0.05, 0.1) is 0 Å². The first kappa shape index (κ1) is 12.7. The van der Waals surface area contributed by atoms with Gasteiger partial charge in [0.2, 0.25) is 0 Å². The van der Waals surface area contributed by atoms with Crippen molar-refractivity contribution in [3.05, 3.63) is 29.3 Å². The van der Waals surface area contributed by atoms with Crippen LogP contribution in [0.4, 0.5) is 5.69 Å². The Morgan fingerprint density at radius 3 is 2.89 bits per heavy atom. The summed E-state index contributed by atoms with van der Waals surface area (Å²) < 4.78 is 0. The van der Waals surface area contributed by atoms with Crippen molar-refractivity contribution in [2.45, 2.75) is 13.3 Å². The predicted molar refractivity (Wildman–Crippen MR) is 71.1 cm³/mol. The maximum absolute atomic E-state index is 9.15. The van der Waals surface area contributed by atoms with E-state index in [4.69, 9.17) is 16.0 Å². The molecule has 1 saturated heterocycles. The second-order valence-electron chi connectivity index (χ2n) is 4.77. The minimum absolute atomic E-state index is 0.133. The van der Waals surface area contributed by atoms with Gasteiger partial charge in [0.25, 0.3) is 0 Å². The Morgan fingerprint density at radius 1 is 1.56 bits per heavy atom. The van der Waals surface area contributed by atoms with Crippen molar-refractivity contribution in [2.24, 2.45) is 16.8 Å². The zero-order chi connectivity index (χ0) is 13.1. The van der Waals surface area contributed by atoms with Crippen LogP contribution in [0.3, 0.4) is 0 Å². The molecule has 1 aliphatic rings. The lowest BCUT2D eigenvalue weighted by atomic mass is 10.1. The lowest BCUT2D eigenvalue weighted by Crippen LogP contribution is -2.21. The number of aliphatic hydroxyl groups is 1. The van der Waals surface area contributed by atoms with Crippen LogP contribution in [0.15, 0.2) is 23.4 Å². The van der Waals surface area contributed by atoms with Crippen molar-refractivity contribution < 1.29 is 10.3 Å². The van der Waals surface area contributed by atoms with Gasteiger partial charge >= 0.3 is 0 Å². The Kier molecular flexibility index (Phi) is 3.72. The number of nitrogens with two attached hydrogens (primary N) is 1. The highest BCUT2D eigenvalue weighted by atomic mass is 16.4. The minimum atomic E-state index is 0.133. The van der Waals surface area contributed by atoms with Gasteiger partial charge in [-0.15, -0.1) is 0 Å². The van der Waals surface area contributed by atoms with Gasteiger partial charge in [-0.1, -0.05) is 5.16 Å². The van der Waals surface area contributed by atoms with E-state index in [2.05, 4.69) is 10.1 Å². The zero-order valence-electron chi connectivity index (χ0n) is 10.5. The zero-order valence-corrected chi connectivity index (χ0v) is 10.5. The first-order valence-electron chi connectivity index (χ1n) is 6.10. The van der Waals surface area contributed by atoms with Crippen LogP contribution in [-0.2, 0) is 0 Å². The molecule has 1 atom stereocenters. The highest BCUT2D eigenvalue weighted by molar-refractivity contribution is 5.98. The molecule has 0 aromatic heterocycles. The van der Waals surface area contributed by atoms with Gasteiger partial charge in [-0.05, 0) is 37.1 Å². The van der Waals surface area contributed by atoms with Crippen LogP contribution in [-0.4, -0.2) is 35.8 Å². The predicted octanol–water partition coefficient (Wildman–Crippen LogP) is 0.908. The Bertz CT molecular complexity index is 460. The molecule has 1 aliphatic heterocycles. The van der Waals surface area contributed by atoms with Gasteiger partial charge in [-0.25, -0.2) is 0 Å². The molecule has 0 aliphatic carbocycles. The summed E-state index contributed by atoms with van der Waals surface area (Å²) in [5, 5.41) is 20.9. The van der Waals surface area contributed by atoms with Gasteiger partial charge < -0.3 is 20.9 Å². The lowest BCUT2D eigenvalue weighted by Gasteiger charge is -2.19. The van der Waals surface area contributed by atoms with Gasteiger partial charge in [-0.2, -0.15) is 0 Å². The Labute approximate surface area is 107 Å². The van der Waals surface area contributed by atoms with Crippen LogP contribution in [0.5, 0.6) is 0 Å². The first-order valence-corrected chi connectivity index (χ1v) is 6.10. The number of aliphatic hydroxyl groups excluding tert-OH is 1. The summed E-state index contributed by atoms with van der Waals surface area (Å²) in [5.41, 5.74) is 8.45. The highest BCUT2D eigenvalue weighted by Gasteiger charge is 2.22. The van der Waals surface area contributed by atoms with E-state index >= 15 is 0 Å². The van der Waals surface area contributed by atoms with Gasteiger partial charge in [0.1, 0.15) is 0 Å².